The Morgan fingerprint density at radius 1 is 1.09 bits per heavy atom. The molecule has 1 aromatic rings. The van der Waals surface area contributed by atoms with Crippen LogP contribution in [0.1, 0.15) is 45.1 Å². The molecule has 1 fully saturated rings. The Balaban J connectivity index is 1.87. The summed E-state index contributed by atoms with van der Waals surface area (Å²) in [6, 6.07) is 9.55. The second-order valence-corrected chi connectivity index (χ2v) is 6.66. The lowest BCUT2D eigenvalue weighted by molar-refractivity contribution is -0.138. The van der Waals surface area contributed by atoms with Crippen molar-refractivity contribution in [2.75, 3.05) is 13.1 Å². The minimum atomic E-state index is -0.406. The maximum atomic E-state index is 12.7. The molecule has 4 heteroatoms. The van der Waals surface area contributed by atoms with Gasteiger partial charge in [0.05, 0.1) is 0 Å². The Morgan fingerprint density at radius 2 is 1.74 bits per heavy atom. The first-order valence-electron chi connectivity index (χ1n) is 8.70. The Morgan fingerprint density at radius 3 is 2.35 bits per heavy atom. The zero-order chi connectivity index (χ0) is 16.7. The van der Waals surface area contributed by atoms with Crippen LogP contribution in [0.25, 0.3) is 0 Å². The molecule has 0 radical (unpaired) electrons. The first-order valence-corrected chi connectivity index (χ1v) is 8.70. The third-order valence-electron chi connectivity index (χ3n) is 4.40. The van der Waals surface area contributed by atoms with Crippen LogP contribution < -0.4 is 5.32 Å². The van der Waals surface area contributed by atoms with E-state index in [1.54, 1.807) is 0 Å². The van der Waals surface area contributed by atoms with E-state index in [4.69, 9.17) is 0 Å². The molecule has 2 amide bonds. The van der Waals surface area contributed by atoms with E-state index < -0.39 is 6.04 Å². The van der Waals surface area contributed by atoms with E-state index in [0.717, 1.165) is 31.5 Å². The SMILES string of the molecule is CC(C)[C@H](NC(=O)CCc1ccccc1)C(=O)N1CCCCC1. The molecule has 0 spiro atoms. The minimum absolute atomic E-state index is 0.0436. The number of carbonyl (C=O) groups is 2. The molecular formula is C19H28N2O2. The molecule has 1 aromatic carbocycles. The van der Waals surface area contributed by atoms with Gasteiger partial charge in [0.15, 0.2) is 0 Å². The summed E-state index contributed by atoms with van der Waals surface area (Å²) in [6.45, 7) is 5.62. The van der Waals surface area contributed by atoms with Gasteiger partial charge >= 0.3 is 0 Å². The molecular weight excluding hydrogens is 288 g/mol. The van der Waals surface area contributed by atoms with Gasteiger partial charge in [-0.25, -0.2) is 0 Å². The zero-order valence-corrected chi connectivity index (χ0v) is 14.3. The molecule has 0 aliphatic carbocycles. The summed E-state index contributed by atoms with van der Waals surface area (Å²) in [5.41, 5.74) is 1.14. The molecule has 126 valence electrons. The van der Waals surface area contributed by atoms with Crippen LogP contribution in [0.5, 0.6) is 0 Å². The summed E-state index contributed by atoms with van der Waals surface area (Å²) in [5.74, 6) is 0.135. The Kier molecular flexibility index (Phi) is 6.63. The average molecular weight is 316 g/mol. The van der Waals surface area contributed by atoms with Gasteiger partial charge in [-0.05, 0) is 37.2 Å². The topological polar surface area (TPSA) is 49.4 Å². The van der Waals surface area contributed by atoms with Gasteiger partial charge < -0.3 is 10.2 Å². The molecule has 0 saturated carbocycles. The molecule has 1 saturated heterocycles. The summed E-state index contributed by atoms with van der Waals surface area (Å²) in [4.78, 5) is 26.8. The van der Waals surface area contributed by atoms with Gasteiger partial charge in [0, 0.05) is 19.5 Å². The summed E-state index contributed by atoms with van der Waals surface area (Å²) in [6.07, 6.45) is 4.45. The standard InChI is InChI=1S/C19H28N2O2/c1-15(2)18(19(23)21-13-7-4-8-14-21)20-17(22)12-11-16-9-5-3-6-10-16/h3,5-6,9-10,15,18H,4,7-8,11-14H2,1-2H3,(H,20,22)/t18-/m0/s1. The minimum Gasteiger partial charge on any atom is -0.344 e. The fourth-order valence-electron chi connectivity index (χ4n) is 2.97. The molecule has 1 N–H and O–H groups in total. The van der Waals surface area contributed by atoms with Crippen LogP contribution >= 0.6 is 0 Å². The molecule has 1 aliphatic rings. The number of benzene rings is 1. The highest BCUT2D eigenvalue weighted by Gasteiger charge is 2.29. The number of hydrogen-bond donors (Lipinski definition) is 1. The van der Waals surface area contributed by atoms with Gasteiger partial charge in [-0.2, -0.15) is 0 Å². The van der Waals surface area contributed by atoms with E-state index in [2.05, 4.69) is 5.32 Å². The second-order valence-electron chi connectivity index (χ2n) is 6.66. The number of aryl methyl sites for hydroxylation is 1. The molecule has 0 bridgehead atoms. The van der Waals surface area contributed by atoms with Gasteiger partial charge in [0.2, 0.25) is 11.8 Å². The number of carbonyl (C=O) groups excluding carboxylic acids is 2. The number of piperidine rings is 1. The lowest BCUT2D eigenvalue weighted by atomic mass is 10.0. The summed E-state index contributed by atoms with van der Waals surface area (Å²) >= 11 is 0. The van der Waals surface area contributed by atoms with Gasteiger partial charge in [-0.15, -0.1) is 0 Å². The van der Waals surface area contributed by atoms with E-state index >= 15 is 0 Å². The van der Waals surface area contributed by atoms with Crippen molar-refractivity contribution in [1.29, 1.82) is 0 Å². The Bertz CT molecular complexity index is 507. The summed E-state index contributed by atoms with van der Waals surface area (Å²) in [7, 11) is 0. The van der Waals surface area contributed by atoms with E-state index in [1.165, 1.54) is 6.42 Å². The molecule has 23 heavy (non-hydrogen) atoms. The molecule has 1 atom stereocenters. The fraction of sp³-hybridized carbons (Fsp3) is 0.579. The van der Waals surface area contributed by atoms with Crippen LogP contribution in [0.15, 0.2) is 30.3 Å². The van der Waals surface area contributed by atoms with Crippen LogP contribution in [0.2, 0.25) is 0 Å². The third kappa shape index (κ3) is 5.38. The highest BCUT2D eigenvalue weighted by molar-refractivity contribution is 5.88. The smallest absolute Gasteiger partial charge is 0.245 e. The largest absolute Gasteiger partial charge is 0.344 e. The highest BCUT2D eigenvalue weighted by atomic mass is 16.2. The second kappa shape index (κ2) is 8.70. The van der Waals surface area contributed by atoms with Crippen LogP contribution in [0.3, 0.4) is 0 Å². The van der Waals surface area contributed by atoms with Crippen LogP contribution in [0.4, 0.5) is 0 Å². The third-order valence-corrected chi connectivity index (χ3v) is 4.40. The van der Waals surface area contributed by atoms with Gasteiger partial charge in [0.1, 0.15) is 6.04 Å². The lowest BCUT2D eigenvalue weighted by Crippen LogP contribution is -2.52. The quantitative estimate of drug-likeness (QED) is 0.877. The molecule has 4 nitrogen and oxygen atoms in total. The molecule has 0 unspecified atom stereocenters. The van der Waals surface area contributed by atoms with Crippen molar-refractivity contribution in [1.82, 2.24) is 10.2 Å². The fourth-order valence-corrected chi connectivity index (χ4v) is 2.97. The van der Waals surface area contributed by atoms with E-state index in [0.29, 0.717) is 12.8 Å². The first-order chi connectivity index (χ1) is 11.1. The molecule has 1 aliphatic heterocycles. The van der Waals surface area contributed by atoms with Crippen LogP contribution in [-0.4, -0.2) is 35.8 Å². The Labute approximate surface area is 139 Å². The van der Waals surface area contributed by atoms with E-state index in [9.17, 15) is 9.59 Å². The van der Waals surface area contributed by atoms with Crippen molar-refractivity contribution < 1.29 is 9.59 Å². The summed E-state index contributed by atoms with van der Waals surface area (Å²) < 4.78 is 0. The van der Waals surface area contributed by atoms with E-state index in [-0.39, 0.29) is 17.7 Å². The lowest BCUT2D eigenvalue weighted by Gasteiger charge is -2.32. The molecule has 2 rings (SSSR count). The maximum Gasteiger partial charge on any atom is 0.245 e. The molecule has 1 heterocycles. The van der Waals surface area contributed by atoms with Gasteiger partial charge in [-0.3, -0.25) is 9.59 Å². The van der Waals surface area contributed by atoms with E-state index in [1.807, 2.05) is 49.1 Å². The van der Waals surface area contributed by atoms with Crippen molar-refractivity contribution in [2.45, 2.75) is 52.0 Å². The summed E-state index contributed by atoms with van der Waals surface area (Å²) in [5, 5.41) is 2.95. The number of nitrogens with zero attached hydrogens (tertiary/aromatic N) is 1. The first kappa shape index (κ1) is 17.5. The average Bonchev–Trinajstić information content (AvgIpc) is 2.58. The monoisotopic (exact) mass is 316 g/mol. The van der Waals surface area contributed by atoms with Crippen molar-refractivity contribution in [2.24, 2.45) is 5.92 Å². The zero-order valence-electron chi connectivity index (χ0n) is 14.3. The van der Waals surface area contributed by atoms with Crippen LogP contribution in [-0.2, 0) is 16.0 Å². The number of hydrogen-bond acceptors (Lipinski definition) is 2. The number of nitrogens with one attached hydrogen (secondary N) is 1. The number of likely N-dealkylation sites (tertiary alicyclic amines) is 1. The van der Waals surface area contributed by atoms with Crippen LogP contribution in [0, 0.1) is 5.92 Å². The van der Waals surface area contributed by atoms with Crippen molar-refractivity contribution in [3.05, 3.63) is 35.9 Å². The van der Waals surface area contributed by atoms with Crippen molar-refractivity contribution >= 4 is 11.8 Å². The highest BCUT2D eigenvalue weighted by Crippen LogP contribution is 2.14. The number of amides is 2. The van der Waals surface area contributed by atoms with Crippen molar-refractivity contribution in [3.8, 4) is 0 Å². The van der Waals surface area contributed by atoms with Crippen molar-refractivity contribution in [3.63, 3.8) is 0 Å². The van der Waals surface area contributed by atoms with Gasteiger partial charge in [0.25, 0.3) is 0 Å². The van der Waals surface area contributed by atoms with Gasteiger partial charge in [-0.1, -0.05) is 44.2 Å². The normalized spacial score (nSPS) is 16.2. The number of rotatable bonds is 6. The Hall–Kier alpha value is -1.84. The predicted molar refractivity (Wildman–Crippen MR) is 92.0 cm³/mol. The predicted octanol–water partition coefficient (Wildman–Crippen LogP) is 2.77. The molecule has 0 aromatic heterocycles. The maximum absolute atomic E-state index is 12.7.